The van der Waals surface area contributed by atoms with Crippen molar-refractivity contribution in [1.29, 1.82) is 0 Å². The first-order valence-corrected chi connectivity index (χ1v) is 6.71. The number of aliphatic carboxylic acids is 1. The van der Waals surface area contributed by atoms with Crippen LogP contribution in [0.2, 0.25) is 0 Å². The van der Waals surface area contributed by atoms with E-state index in [-0.39, 0.29) is 12.2 Å². The maximum absolute atomic E-state index is 12.5. The predicted molar refractivity (Wildman–Crippen MR) is 80.4 cm³/mol. The second-order valence-corrected chi connectivity index (χ2v) is 5.71. The number of amides is 1. The topological polar surface area (TPSA) is 74.7 Å². The van der Waals surface area contributed by atoms with Gasteiger partial charge in [-0.25, -0.2) is 4.79 Å². The van der Waals surface area contributed by atoms with E-state index in [4.69, 9.17) is 0 Å². The molecule has 1 rings (SSSR count). The summed E-state index contributed by atoms with van der Waals surface area (Å²) in [4.78, 5) is 36.5. The number of aryl methyl sites for hydroxylation is 2. The first-order chi connectivity index (χ1) is 9.59. The average molecular weight is 291 g/mol. The van der Waals surface area contributed by atoms with Crippen molar-refractivity contribution < 1.29 is 19.5 Å². The predicted octanol–water partition coefficient (Wildman–Crippen LogP) is 2.48. The fourth-order valence-electron chi connectivity index (χ4n) is 2.26. The van der Waals surface area contributed by atoms with Gasteiger partial charge in [0.2, 0.25) is 5.91 Å². The Hall–Kier alpha value is -2.17. The minimum Gasteiger partial charge on any atom is -0.480 e. The van der Waals surface area contributed by atoms with Gasteiger partial charge in [0.25, 0.3) is 0 Å². The number of para-hydroxylation sites is 1. The Labute approximate surface area is 124 Å². The van der Waals surface area contributed by atoms with Crippen LogP contribution in [0.4, 0.5) is 5.69 Å². The van der Waals surface area contributed by atoms with Crippen LogP contribution in [0, 0.1) is 13.8 Å². The van der Waals surface area contributed by atoms with Crippen molar-refractivity contribution in [3.63, 3.8) is 0 Å². The molecule has 0 aliphatic heterocycles. The molecule has 5 nitrogen and oxygen atoms in total. The van der Waals surface area contributed by atoms with Crippen LogP contribution in [0.5, 0.6) is 0 Å². The average Bonchev–Trinajstić information content (AvgIpc) is 2.32. The Morgan fingerprint density at radius 1 is 1.14 bits per heavy atom. The van der Waals surface area contributed by atoms with Gasteiger partial charge < -0.3 is 5.11 Å². The normalized spacial score (nSPS) is 11.1. The summed E-state index contributed by atoms with van der Waals surface area (Å²) in [5.74, 6) is -1.92. The van der Waals surface area contributed by atoms with Crippen LogP contribution in [-0.4, -0.2) is 28.3 Å². The maximum Gasteiger partial charge on any atom is 0.329 e. The van der Waals surface area contributed by atoms with Crippen molar-refractivity contribution in [1.82, 2.24) is 0 Å². The zero-order valence-corrected chi connectivity index (χ0v) is 13.1. The lowest BCUT2D eigenvalue weighted by Crippen LogP contribution is -2.54. The minimum atomic E-state index is -1.44. The minimum absolute atomic E-state index is 0.294. The van der Waals surface area contributed by atoms with Crippen LogP contribution < -0.4 is 4.90 Å². The molecule has 0 aromatic heterocycles. The van der Waals surface area contributed by atoms with Crippen LogP contribution in [-0.2, 0) is 14.4 Å². The molecule has 0 saturated heterocycles. The fraction of sp³-hybridized carbons (Fsp3) is 0.438. The maximum atomic E-state index is 12.5. The van der Waals surface area contributed by atoms with Gasteiger partial charge in [0, 0.05) is 0 Å². The van der Waals surface area contributed by atoms with E-state index in [1.165, 1.54) is 25.7 Å². The molecule has 0 heterocycles. The molecule has 1 aromatic rings. The highest BCUT2D eigenvalue weighted by Gasteiger charge is 2.40. The van der Waals surface area contributed by atoms with Crippen molar-refractivity contribution in [2.45, 2.75) is 46.6 Å². The molecule has 0 aliphatic carbocycles. The molecule has 1 amide bonds. The van der Waals surface area contributed by atoms with Gasteiger partial charge in [-0.1, -0.05) is 18.2 Å². The molecule has 0 bridgehead atoms. The lowest BCUT2D eigenvalue weighted by Gasteiger charge is -2.37. The van der Waals surface area contributed by atoms with Crippen LogP contribution >= 0.6 is 0 Å². The molecule has 5 heteroatoms. The zero-order valence-electron chi connectivity index (χ0n) is 13.1. The summed E-state index contributed by atoms with van der Waals surface area (Å²) >= 11 is 0. The van der Waals surface area contributed by atoms with Gasteiger partial charge in [-0.2, -0.15) is 0 Å². The summed E-state index contributed by atoms with van der Waals surface area (Å²) in [7, 11) is 0. The molecule has 1 aromatic carbocycles. The van der Waals surface area contributed by atoms with Gasteiger partial charge >= 0.3 is 5.97 Å². The number of ketones is 1. The highest BCUT2D eigenvalue weighted by molar-refractivity contribution is 6.09. The van der Waals surface area contributed by atoms with E-state index in [9.17, 15) is 19.5 Å². The Kier molecular flexibility index (Phi) is 4.88. The number of carboxylic acids is 1. The first-order valence-electron chi connectivity index (χ1n) is 6.71. The van der Waals surface area contributed by atoms with Crippen LogP contribution in [0.3, 0.4) is 0 Å². The smallest absolute Gasteiger partial charge is 0.329 e. The molecule has 0 saturated carbocycles. The third-order valence-electron chi connectivity index (χ3n) is 3.40. The van der Waals surface area contributed by atoms with E-state index in [1.807, 2.05) is 32.0 Å². The molecule has 0 spiro atoms. The van der Waals surface area contributed by atoms with Gasteiger partial charge in [-0.3, -0.25) is 14.5 Å². The summed E-state index contributed by atoms with van der Waals surface area (Å²) in [5.41, 5.74) is 0.697. The highest BCUT2D eigenvalue weighted by Crippen LogP contribution is 2.31. The van der Waals surface area contributed by atoms with Crippen LogP contribution in [0.1, 0.15) is 38.3 Å². The molecule has 0 aliphatic rings. The number of carbonyl (C=O) groups is 3. The van der Waals surface area contributed by atoms with Crippen LogP contribution in [0.25, 0.3) is 0 Å². The van der Waals surface area contributed by atoms with Crippen LogP contribution in [0.15, 0.2) is 18.2 Å². The van der Waals surface area contributed by atoms with Gasteiger partial charge in [0.05, 0.1) is 12.1 Å². The van der Waals surface area contributed by atoms with E-state index in [0.717, 1.165) is 11.1 Å². The number of Topliss-reactive ketones (excluding diaryl/α,β-unsaturated/α-hetero) is 1. The van der Waals surface area contributed by atoms with Gasteiger partial charge in [0.1, 0.15) is 11.3 Å². The Balaban J connectivity index is 3.49. The zero-order chi connectivity index (χ0) is 16.4. The highest BCUT2D eigenvalue weighted by atomic mass is 16.4. The van der Waals surface area contributed by atoms with E-state index < -0.39 is 17.4 Å². The molecule has 0 radical (unpaired) electrons. The molecule has 0 atom stereocenters. The number of carboxylic acid groups (broad SMARTS) is 1. The van der Waals surface area contributed by atoms with E-state index in [2.05, 4.69) is 0 Å². The Morgan fingerprint density at radius 3 is 2.00 bits per heavy atom. The number of benzene rings is 1. The third kappa shape index (κ3) is 3.48. The van der Waals surface area contributed by atoms with Crippen molar-refractivity contribution in [2.24, 2.45) is 0 Å². The molecule has 0 fully saturated rings. The van der Waals surface area contributed by atoms with Crippen molar-refractivity contribution >= 4 is 23.3 Å². The van der Waals surface area contributed by atoms with Gasteiger partial charge in [-0.05, 0) is 45.7 Å². The van der Waals surface area contributed by atoms with Crippen molar-refractivity contribution in [3.8, 4) is 0 Å². The standard InChI is InChI=1S/C16H21NO4/c1-10-7-6-8-11(2)14(10)17(13(19)9-12(3)18)16(4,5)15(20)21/h6-8H,9H2,1-5H3,(H,20,21). The number of hydrogen-bond donors (Lipinski definition) is 1. The fourth-order valence-corrected chi connectivity index (χ4v) is 2.26. The summed E-state index contributed by atoms with van der Waals surface area (Å²) in [5, 5.41) is 9.46. The summed E-state index contributed by atoms with van der Waals surface area (Å²) < 4.78 is 0. The van der Waals surface area contributed by atoms with E-state index >= 15 is 0 Å². The number of anilines is 1. The Morgan fingerprint density at radius 2 is 1.62 bits per heavy atom. The lowest BCUT2D eigenvalue weighted by atomic mass is 9.97. The molecule has 114 valence electrons. The second-order valence-electron chi connectivity index (χ2n) is 5.71. The third-order valence-corrected chi connectivity index (χ3v) is 3.40. The van der Waals surface area contributed by atoms with Gasteiger partial charge in [-0.15, -0.1) is 0 Å². The largest absolute Gasteiger partial charge is 0.480 e. The molecule has 1 N–H and O–H groups in total. The number of rotatable bonds is 5. The first kappa shape index (κ1) is 16.9. The van der Waals surface area contributed by atoms with E-state index in [0.29, 0.717) is 5.69 Å². The second kappa shape index (κ2) is 6.08. The Bertz CT molecular complexity index is 570. The summed E-state index contributed by atoms with van der Waals surface area (Å²) in [6, 6.07) is 5.47. The molecular formula is C16H21NO4. The SMILES string of the molecule is CC(=O)CC(=O)N(c1c(C)cccc1C)C(C)(C)C(=O)O. The van der Waals surface area contributed by atoms with Gasteiger partial charge in [0.15, 0.2) is 0 Å². The number of carbonyl (C=O) groups excluding carboxylic acids is 2. The summed E-state index contributed by atoms with van der Waals surface area (Å²) in [6.07, 6.45) is -0.315. The van der Waals surface area contributed by atoms with Crippen molar-refractivity contribution in [2.75, 3.05) is 4.90 Å². The molecule has 21 heavy (non-hydrogen) atoms. The number of hydrogen-bond acceptors (Lipinski definition) is 3. The monoisotopic (exact) mass is 291 g/mol. The van der Waals surface area contributed by atoms with Crippen molar-refractivity contribution in [3.05, 3.63) is 29.3 Å². The summed E-state index contributed by atoms with van der Waals surface area (Å²) in [6.45, 7) is 7.86. The van der Waals surface area contributed by atoms with E-state index in [1.54, 1.807) is 0 Å². The lowest BCUT2D eigenvalue weighted by molar-refractivity contribution is -0.144. The number of nitrogens with zero attached hydrogens (tertiary/aromatic N) is 1. The quantitative estimate of drug-likeness (QED) is 0.846. The molecular weight excluding hydrogens is 270 g/mol. The molecule has 0 unspecified atom stereocenters.